The highest BCUT2D eigenvalue weighted by atomic mass is 32.2. The SMILES string of the molecule is C=C(CC(CC)CC)C(=O)CSc1ccc(C=O)cn1.CN(C)C. The fraction of sp³-hybridized carbons (Fsp3) is 0.526. The summed E-state index contributed by atoms with van der Waals surface area (Å²) < 4.78 is 0. The number of ketones is 1. The molecule has 0 bridgehead atoms. The predicted octanol–water partition coefficient (Wildman–Crippen LogP) is 4.12. The highest BCUT2D eigenvalue weighted by Gasteiger charge is 2.13. The van der Waals surface area contributed by atoms with Gasteiger partial charge in [0.2, 0.25) is 0 Å². The molecule has 5 heteroatoms. The lowest BCUT2D eigenvalue weighted by Gasteiger charge is -2.13. The van der Waals surface area contributed by atoms with Gasteiger partial charge in [-0.3, -0.25) is 9.59 Å². The monoisotopic (exact) mass is 350 g/mol. The van der Waals surface area contributed by atoms with E-state index >= 15 is 0 Å². The molecule has 0 N–H and O–H groups in total. The number of aldehydes is 1. The van der Waals surface area contributed by atoms with Crippen molar-refractivity contribution in [2.24, 2.45) is 5.92 Å². The van der Waals surface area contributed by atoms with E-state index in [4.69, 9.17) is 0 Å². The number of rotatable bonds is 9. The molecule has 1 rings (SSSR count). The molecule has 0 aromatic carbocycles. The van der Waals surface area contributed by atoms with Gasteiger partial charge in [-0.15, -0.1) is 0 Å². The van der Waals surface area contributed by atoms with Crippen molar-refractivity contribution in [1.29, 1.82) is 0 Å². The summed E-state index contributed by atoms with van der Waals surface area (Å²) in [6, 6.07) is 3.46. The summed E-state index contributed by atoms with van der Waals surface area (Å²) in [5.41, 5.74) is 1.24. The van der Waals surface area contributed by atoms with Crippen molar-refractivity contribution >= 4 is 23.8 Å². The number of carbonyl (C=O) groups is 2. The molecule has 0 spiro atoms. The van der Waals surface area contributed by atoms with Gasteiger partial charge in [-0.05, 0) is 51.2 Å². The molecule has 0 amide bonds. The summed E-state index contributed by atoms with van der Waals surface area (Å²) in [4.78, 5) is 28.6. The van der Waals surface area contributed by atoms with Crippen molar-refractivity contribution in [1.82, 2.24) is 9.88 Å². The van der Waals surface area contributed by atoms with Gasteiger partial charge in [0, 0.05) is 11.8 Å². The summed E-state index contributed by atoms with van der Waals surface area (Å²) in [6.45, 7) is 8.18. The maximum Gasteiger partial charge on any atom is 0.168 e. The summed E-state index contributed by atoms with van der Waals surface area (Å²) in [5, 5.41) is 0.749. The van der Waals surface area contributed by atoms with Crippen LogP contribution in [0, 0.1) is 5.92 Å². The number of Topliss-reactive ketones (excluding diaryl/α,β-unsaturated/α-hetero) is 1. The number of hydrogen-bond donors (Lipinski definition) is 0. The van der Waals surface area contributed by atoms with E-state index in [2.05, 4.69) is 25.4 Å². The van der Waals surface area contributed by atoms with Crippen LogP contribution in [-0.4, -0.2) is 48.8 Å². The molecule has 0 aliphatic carbocycles. The van der Waals surface area contributed by atoms with Crippen molar-refractivity contribution < 1.29 is 9.59 Å². The van der Waals surface area contributed by atoms with Crippen LogP contribution in [-0.2, 0) is 4.79 Å². The largest absolute Gasteiger partial charge is 0.312 e. The molecule has 0 saturated heterocycles. The highest BCUT2D eigenvalue weighted by Crippen LogP contribution is 2.21. The number of allylic oxidation sites excluding steroid dienone is 1. The van der Waals surface area contributed by atoms with Gasteiger partial charge in [-0.2, -0.15) is 0 Å². The van der Waals surface area contributed by atoms with E-state index in [0.29, 0.717) is 22.8 Å². The average Bonchev–Trinajstić information content (AvgIpc) is 2.57. The van der Waals surface area contributed by atoms with Crippen LogP contribution in [0.25, 0.3) is 0 Å². The second-order valence-electron chi connectivity index (χ2n) is 6.09. The standard InChI is InChI=1S/C16H21NO2S.C3H9N/c1-4-13(5-2)8-12(3)15(19)11-20-16-7-6-14(10-18)9-17-16;1-4(2)3/h6-7,9-10,13H,3-5,8,11H2,1-2H3;1-3H3. The topological polar surface area (TPSA) is 50.3 Å². The minimum atomic E-state index is 0.0863. The van der Waals surface area contributed by atoms with Crippen molar-refractivity contribution in [2.75, 3.05) is 26.9 Å². The van der Waals surface area contributed by atoms with Crippen molar-refractivity contribution in [3.8, 4) is 0 Å². The highest BCUT2D eigenvalue weighted by molar-refractivity contribution is 7.99. The zero-order chi connectivity index (χ0) is 18.5. The van der Waals surface area contributed by atoms with E-state index in [9.17, 15) is 9.59 Å². The molecule has 0 aliphatic heterocycles. The van der Waals surface area contributed by atoms with Crippen LogP contribution in [0.5, 0.6) is 0 Å². The fourth-order valence-electron chi connectivity index (χ4n) is 1.83. The molecule has 0 atom stereocenters. The molecule has 1 aromatic rings. The third-order valence-electron chi connectivity index (χ3n) is 3.33. The van der Waals surface area contributed by atoms with Crippen LogP contribution in [0.15, 0.2) is 35.5 Å². The molecule has 24 heavy (non-hydrogen) atoms. The zero-order valence-corrected chi connectivity index (χ0v) is 16.4. The quantitative estimate of drug-likeness (QED) is 0.381. The van der Waals surface area contributed by atoms with E-state index < -0.39 is 0 Å². The molecule has 0 aliphatic rings. The Balaban J connectivity index is 0.00000118. The molecule has 0 unspecified atom stereocenters. The molecule has 0 fully saturated rings. The van der Waals surface area contributed by atoms with E-state index in [1.807, 2.05) is 26.0 Å². The zero-order valence-electron chi connectivity index (χ0n) is 15.5. The van der Waals surface area contributed by atoms with Crippen molar-refractivity contribution in [3.63, 3.8) is 0 Å². The minimum Gasteiger partial charge on any atom is -0.312 e. The molecule has 0 radical (unpaired) electrons. The van der Waals surface area contributed by atoms with Gasteiger partial charge in [0.25, 0.3) is 0 Å². The lowest BCUT2D eigenvalue weighted by Crippen LogP contribution is -2.09. The number of nitrogens with zero attached hydrogens (tertiary/aromatic N) is 2. The Hall–Kier alpha value is -1.46. The molecule has 1 aromatic heterocycles. The third kappa shape index (κ3) is 10.3. The Labute approximate surface area is 150 Å². The Bertz CT molecular complexity index is 506. The fourth-order valence-corrected chi connectivity index (χ4v) is 2.60. The van der Waals surface area contributed by atoms with Crippen LogP contribution in [0.2, 0.25) is 0 Å². The Morgan fingerprint density at radius 1 is 1.29 bits per heavy atom. The van der Waals surface area contributed by atoms with Crippen LogP contribution in [0.3, 0.4) is 0 Å². The van der Waals surface area contributed by atoms with E-state index in [1.165, 1.54) is 18.0 Å². The number of carbonyl (C=O) groups excluding carboxylic acids is 2. The Kier molecular flexibility index (Phi) is 12.1. The first-order valence-corrected chi connectivity index (χ1v) is 9.18. The van der Waals surface area contributed by atoms with Gasteiger partial charge < -0.3 is 4.90 Å². The first-order chi connectivity index (χ1) is 11.3. The third-order valence-corrected chi connectivity index (χ3v) is 4.27. The number of pyridine rings is 1. The first-order valence-electron chi connectivity index (χ1n) is 8.19. The maximum absolute atomic E-state index is 12.0. The smallest absolute Gasteiger partial charge is 0.168 e. The molecular weight excluding hydrogens is 320 g/mol. The minimum absolute atomic E-state index is 0.0863. The normalized spacial score (nSPS) is 10.3. The summed E-state index contributed by atoms with van der Waals surface area (Å²) in [7, 11) is 6.00. The lowest BCUT2D eigenvalue weighted by molar-refractivity contribution is -0.113. The second kappa shape index (κ2) is 12.9. The van der Waals surface area contributed by atoms with E-state index in [-0.39, 0.29) is 5.78 Å². The molecule has 4 nitrogen and oxygen atoms in total. The van der Waals surface area contributed by atoms with Gasteiger partial charge in [0.15, 0.2) is 12.1 Å². The van der Waals surface area contributed by atoms with Crippen molar-refractivity contribution in [3.05, 3.63) is 36.0 Å². The van der Waals surface area contributed by atoms with Gasteiger partial charge in [-0.1, -0.05) is 45.0 Å². The van der Waals surface area contributed by atoms with Crippen LogP contribution < -0.4 is 0 Å². The van der Waals surface area contributed by atoms with Crippen LogP contribution in [0.1, 0.15) is 43.5 Å². The molecule has 134 valence electrons. The molecule has 0 saturated carbocycles. The molecule has 1 heterocycles. The average molecular weight is 351 g/mol. The number of thioether (sulfide) groups is 1. The Morgan fingerprint density at radius 2 is 1.88 bits per heavy atom. The van der Waals surface area contributed by atoms with Gasteiger partial charge in [-0.25, -0.2) is 4.98 Å². The molecular formula is C19H30N2O2S. The van der Waals surface area contributed by atoms with Crippen molar-refractivity contribution in [2.45, 2.75) is 38.1 Å². The predicted molar refractivity (Wildman–Crippen MR) is 103 cm³/mol. The van der Waals surface area contributed by atoms with E-state index in [0.717, 1.165) is 30.6 Å². The summed E-state index contributed by atoms with van der Waals surface area (Å²) in [6.07, 6.45) is 5.20. The number of aromatic nitrogens is 1. The second-order valence-corrected chi connectivity index (χ2v) is 7.09. The van der Waals surface area contributed by atoms with Gasteiger partial charge in [0.05, 0.1) is 10.8 Å². The Morgan fingerprint density at radius 3 is 2.29 bits per heavy atom. The summed E-state index contributed by atoms with van der Waals surface area (Å²) in [5.74, 6) is 0.983. The maximum atomic E-state index is 12.0. The van der Waals surface area contributed by atoms with Gasteiger partial charge >= 0.3 is 0 Å². The van der Waals surface area contributed by atoms with E-state index in [1.54, 1.807) is 12.1 Å². The first kappa shape index (κ1) is 22.5. The lowest BCUT2D eigenvalue weighted by atomic mass is 9.94. The van der Waals surface area contributed by atoms with Crippen LogP contribution >= 0.6 is 11.8 Å². The van der Waals surface area contributed by atoms with Gasteiger partial charge in [0.1, 0.15) is 0 Å². The summed E-state index contributed by atoms with van der Waals surface area (Å²) >= 11 is 1.38. The van der Waals surface area contributed by atoms with Crippen LogP contribution in [0.4, 0.5) is 0 Å². The number of hydrogen-bond acceptors (Lipinski definition) is 5.